The van der Waals surface area contributed by atoms with Crippen LogP contribution in [0.25, 0.3) is 11.1 Å². The predicted molar refractivity (Wildman–Crippen MR) is 221 cm³/mol. The third-order valence-corrected chi connectivity index (χ3v) is 11.5. The molecule has 7 aromatic carbocycles. The number of rotatable bonds is 10. The lowest BCUT2D eigenvalue weighted by Crippen LogP contribution is -2.23. The van der Waals surface area contributed by atoms with Crippen LogP contribution in [-0.4, -0.2) is 0 Å². The predicted octanol–water partition coefficient (Wildman–Crippen LogP) is 14.0. The van der Waals surface area contributed by atoms with Gasteiger partial charge in [0.15, 0.2) is 0 Å². The molecule has 0 aromatic heterocycles. The van der Waals surface area contributed by atoms with Crippen molar-refractivity contribution < 1.29 is 0 Å². The van der Waals surface area contributed by atoms with Crippen molar-refractivity contribution in [2.45, 2.75) is 51.4 Å². The second kappa shape index (κ2) is 13.7. The van der Waals surface area contributed by atoms with E-state index >= 15 is 0 Å². The SMILES string of the molecule is CCC1(CC)c2ccccc2-c2ccc(N(c3ccccc3)c3ccc(C(C)(C)c4ccc(N(c5ccccc5)c5ccccc5)cc4)cc3)cc21. The Kier molecular flexibility index (Phi) is 8.77. The molecule has 2 nitrogen and oxygen atoms in total. The standard InChI is InChI=1S/C50H46N2/c1-5-50(6-2)47-25-17-16-24-45(47)46-35-34-44(36-48(46)50)52(41-22-14-9-15-23-41)43-32-28-38(29-33-43)49(3,4)37-26-30-42(31-27-37)51(39-18-10-7-11-19-39)40-20-12-8-13-21-40/h7-36H,5-6H2,1-4H3. The Labute approximate surface area is 309 Å². The van der Waals surface area contributed by atoms with Crippen molar-refractivity contribution in [3.05, 3.63) is 204 Å². The van der Waals surface area contributed by atoms with E-state index in [9.17, 15) is 0 Å². The Morgan fingerprint density at radius 3 is 1.21 bits per heavy atom. The Morgan fingerprint density at radius 1 is 0.385 bits per heavy atom. The van der Waals surface area contributed by atoms with Crippen LogP contribution in [-0.2, 0) is 10.8 Å². The fourth-order valence-electron chi connectivity index (χ4n) is 8.44. The maximum atomic E-state index is 2.46. The molecule has 52 heavy (non-hydrogen) atoms. The number of hydrogen-bond donors (Lipinski definition) is 0. The van der Waals surface area contributed by atoms with E-state index in [2.05, 4.69) is 219 Å². The highest BCUT2D eigenvalue weighted by Gasteiger charge is 2.40. The van der Waals surface area contributed by atoms with Gasteiger partial charge in [0.2, 0.25) is 0 Å². The lowest BCUT2D eigenvalue weighted by Gasteiger charge is -2.32. The maximum absolute atomic E-state index is 2.46. The Balaban J connectivity index is 1.13. The highest BCUT2D eigenvalue weighted by molar-refractivity contribution is 5.86. The minimum absolute atomic E-state index is 0.0208. The molecular weight excluding hydrogens is 629 g/mol. The molecule has 0 spiro atoms. The van der Waals surface area contributed by atoms with Gasteiger partial charge >= 0.3 is 0 Å². The molecule has 0 saturated carbocycles. The molecule has 0 radical (unpaired) electrons. The molecule has 0 amide bonds. The fourth-order valence-corrected chi connectivity index (χ4v) is 8.44. The summed E-state index contributed by atoms with van der Waals surface area (Å²) in [6.45, 7) is 9.33. The van der Waals surface area contributed by atoms with Crippen LogP contribution < -0.4 is 9.80 Å². The van der Waals surface area contributed by atoms with Crippen molar-refractivity contribution >= 4 is 34.1 Å². The summed E-state index contributed by atoms with van der Waals surface area (Å²) in [5.41, 5.74) is 14.9. The quantitative estimate of drug-likeness (QED) is 0.142. The topological polar surface area (TPSA) is 6.48 Å². The highest BCUT2D eigenvalue weighted by Crippen LogP contribution is 2.54. The third-order valence-electron chi connectivity index (χ3n) is 11.5. The molecule has 0 atom stereocenters. The summed E-state index contributed by atoms with van der Waals surface area (Å²) in [6, 6.07) is 66.4. The van der Waals surface area contributed by atoms with Crippen molar-refractivity contribution in [1.29, 1.82) is 0 Å². The van der Waals surface area contributed by atoms with Gasteiger partial charge in [-0.3, -0.25) is 0 Å². The maximum Gasteiger partial charge on any atom is 0.0465 e. The smallest absolute Gasteiger partial charge is 0.0465 e. The van der Waals surface area contributed by atoms with Gasteiger partial charge in [-0.1, -0.05) is 137 Å². The molecule has 0 unspecified atom stereocenters. The molecule has 2 heteroatoms. The highest BCUT2D eigenvalue weighted by atomic mass is 15.1. The zero-order valence-corrected chi connectivity index (χ0v) is 30.6. The zero-order chi connectivity index (χ0) is 35.7. The normalized spacial score (nSPS) is 12.9. The number of anilines is 6. The first-order valence-electron chi connectivity index (χ1n) is 18.7. The molecule has 0 heterocycles. The summed E-state index contributed by atoms with van der Waals surface area (Å²) >= 11 is 0. The van der Waals surface area contributed by atoms with Gasteiger partial charge in [-0.25, -0.2) is 0 Å². The Bertz CT molecular complexity index is 2230. The molecule has 0 bridgehead atoms. The van der Waals surface area contributed by atoms with E-state index in [1.54, 1.807) is 0 Å². The first-order valence-corrected chi connectivity index (χ1v) is 18.7. The van der Waals surface area contributed by atoms with E-state index in [0.29, 0.717) is 0 Å². The van der Waals surface area contributed by atoms with Gasteiger partial charge in [-0.15, -0.1) is 0 Å². The van der Waals surface area contributed by atoms with Gasteiger partial charge in [-0.2, -0.15) is 0 Å². The van der Waals surface area contributed by atoms with Gasteiger partial charge < -0.3 is 9.80 Å². The molecule has 0 aliphatic heterocycles. The summed E-state index contributed by atoms with van der Waals surface area (Å²) in [5.74, 6) is 0. The molecule has 0 saturated heterocycles. The molecule has 0 fully saturated rings. The van der Waals surface area contributed by atoms with Gasteiger partial charge in [0.25, 0.3) is 0 Å². The Morgan fingerprint density at radius 2 is 0.750 bits per heavy atom. The van der Waals surface area contributed by atoms with Crippen LogP contribution >= 0.6 is 0 Å². The van der Waals surface area contributed by atoms with Crippen LogP contribution in [0.5, 0.6) is 0 Å². The monoisotopic (exact) mass is 674 g/mol. The van der Waals surface area contributed by atoms with E-state index in [1.165, 1.54) is 39.1 Å². The number of para-hydroxylation sites is 3. The van der Waals surface area contributed by atoms with E-state index < -0.39 is 0 Å². The molecule has 7 aromatic rings. The summed E-state index contributed by atoms with van der Waals surface area (Å²) < 4.78 is 0. The lowest BCUT2D eigenvalue weighted by atomic mass is 9.74. The fraction of sp³-hybridized carbons (Fsp3) is 0.160. The van der Waals surface area contributed by atoms with Crippen LogP contribution in [0, 0.1) is 0 Å². The average molecular weight is 675 g/mol. The van der Waals surface area contributed by atoms with Gasteiger partial charge in [0.05, 0.1) is 0 Å². The van der Waals surface area contributed by atoms with E-state index in [-0.39, 0.29) is 10.8 Å². The minimum atomic E-state index is -0.194. The number of fused-ring (bicyclic) bond motifs is 3. The van der Waals surface area contributed by atoms with Gasteiger partial charge in [-0.05, 0) is 119 Å². The summed E-state index contributed by atoms with van der Waals surface area (Å²) in [7, 11) is 0. The van der Waals surface area contributed by atoms with Crippen LogP contribution in [0.15, 0.2) is 182 Å². The first-order chi connectivity index (χ1) is 25.4. The molecule has 256 valence electrons. The molecule has 0 N–H and O–H groups in total. The molecule has 1 aliphatic rings. The largest absolute Gasteiger partial charge is 0.311 e. The van der Waals surface area contributed by atoms with Crippen LogP contribution in [0.4, 0.5) is 34.1 Å². The lowest BCUT2D eigenvalue weighted by molar-refractivity contribution is 0.490. The zero-order valence-electron chi connectivity index (χ0n) is 30.6. The third kappa shape index (κ3) is 5.69. The number of benzene rings is 7. The Hall–Kier alpha value is -5.86. The van der Waals surface area contributed by atoms with Crippen molar-refractivity contribution in [3.63, 3.8) is 0 Å². The second-order valence-electron chi connectivity index (χ2n) is 14.5. The second-order valence-corrected chi connectivity index (χ2v) is 14.5. The van der Waals surface area contributed by atoms with Crippen molar-refractivity contribution in [2.24, 2.45) is 0 Å². The summed E-state index contributed by atoms with van der Waals surface area (Å²) in [5, 5.41) is 0. The number of nitrogens with zero attached hydrogens (tertiary/aromatic N) is 2. The average Bonchev–Trinajstić information content (AvgIpc) is 3.49. The summed E-state index contributed by atoms with van der Waals surface area (Å²) in [6.07, 6.45) is 2.15. The van der Waals surface area contributed by atoms with E-state index in [1.807, 2.05) is 0 Å². The molecule has 1 aliphatic carbocycles. The first kappa shape index (κ1) is 33.3. The van der Waals surface area contributed by atoms with Crippen LogP contribution in [0.3, 0.4) is 0 Å². The van der Waals surface area contributed by atoms with E-state index in [0.717, 1.165) is 41.3 Å². The van der Waals surface area contributed by atoms with Crippen molar-refractivity contribution in [3.8, 4) is 11.1 Å². The molecule has 8 rings (SSSR count). The van der Waals surface area contributed by atoms with Gasteiger partial charge in [0, 0.05) is 45.0 Å². The van der Waals surface area contributed by atoms with Gasteiger partial charge in [0.1, 0.15) is 0 Å². The van der Waals surface area contributed by atoms with E-state index in [4.69, 9.17) is 0 Å². The van der Waals surface area contributed by atoms with Crippen LogP contribution in [0.1, 0.15) is 62.8 Å². The van der Waals surface area contributed by atoms with Crippen LogP contribution in [0.2, 0.25) is 0 Å². The minimum Gasteiger partial charge on any atom is -0.311 e. The van der Waals surface area contributed by atoms with Crippen molar-refractivity contribution in [1.82, 2.24) is 0 Å². The number of hydrogen-bond acceptors (Lipinski definition) is 2. The summed E-state index contributed by atoms with van der Waals surface area (Å²) in [4.78, 5) is 4.72. The van der Waals surface area contributed by atoms with Crippen molar-refractivity contribution in [2.75, 3.05) is 9.80 Å². The molecular formula is C50H46N2.